The van der Waals surface area contributed by atoms with E-state index in [1.807, 2.05) is 19.9 Å². The van der Waals surface area contributed by atoms with Crippen molar-refractivity contribution in [1.82, 2.24) is 0 Å². The number of halogens is 3. The zero-order chi connectivity index (χ0) is 23.7. The number of nitrogens with one attached hydrogen (secondary N) is 2. The largest absolute Gasteiger partial charge is 0.418 e. The first kappa shape index (κ1) is 23.3. The van der Waals surface area contributed by atoms with Crippen LogP contribution in [0, 0.1) is 20.8 Å². The van der Waals surface area contributed by atoms with Crippen LogP contribution in [0.5, 0.6) is 0 Å². The van der Waals surface area contributed by atoms with E-state index < -0.39 is 33.4 Å². The van der Waals surface area contributed by atoms with Crippen LogP contribution in [0.4, 0.5) is 24.5 Å². The molecule has 0 aliphatic heterocycles. The number of carbonyl (C=O) groups excluding carboxylic acids is 1. The second kappa shape index (κ2) is 8.66. The fourth-order valence-electron chi connectivity index (χ4n) is 3.31. The van der Waals surface area contributed by atoms with E-state index in [-0.39, 0.29) is 10.5 Å². The van der Waals surface area contributed by atoms with E-state index in [1.165, 1.54) is 24.3 Å². The molecular weight excluding hydrogens is 441 g/mol. The maximum atomic E-state index is 13.2. The molecule has 3 rings (SSSR count). The molecule has 0 atom stereocenters. The lowest BCUT2D eigenvalue weighted by Gasteiger charge is -2.15. The summed E-state index contributed by atoms with van der Waals surface area (Å²) in [4.78, 5) is 12.5. The molecular formula is C23H21F3N2O3S. The molecule has 168 valence electrons. The Balaban J connectivity index is 1.93. The molecule has 1 amide bonds. The smallest absolute Gasteiger partial charge is 0.321 e. The Labute approximate surface area is 184 Å². The predicted octanol–water partition coefficient (Wildman–Crippen LogP) is 5.68. The fraction of sp³-hybridized carbons (Fsp3) is 0.174. The summed E-state index contributed by atoms with van der Waals surface area (Å²) < 4.78 is 68.0. The van der Waals surface area contributed by atoms with Crippen LogP contribution in [0.25, 0.3) is 0 Å². The molecule has 0 bridgehead atoms. The number of sulfonamides is 1. The second-order valence-corrected chi connectivity index (χ2v) is 9.11. The average molecular weight is 462 g/mol. The minimum Gasteiger partial charge on any atom is -0.321 e. The van der Waals surface area contributed by atoms with Crippen molar-refractivity contribution in [2.45, 2.75) is 31.8 Å². The molecule has 2 N–H and O–H groups in total. The monoisotopic (exact) mass is 462 g/mol. The highest BCUT2D eigenvalue weighted by Crippen LogP contribution is 2.34. The maximum Gasteiger partial charge on any atom is 0.418 e. The molecule has 3 aromatic rings. The Kier molecular flexibility index (Phi) is 6.32. The van der Waals surface area contributed by atoms with Gasteiger partial charge in [-0.25, -0.2) is 8.42 Å². The van der Waals surface area contributed by atoms with E-state index in [1.54, 1.807) is 19.1 Å². The topological polar surface area (TPSA) is 75.3 Å². The SMILES string of the molecule is Cc1cc(C)cc(NS(=O)(=O)c2cc(C(=O)Nc3ccccc3C(F)(F)F)ccc2C)c1. The van der Waals surface area contributed by atoms with Crippen molar-refractivity contribution in [3.63, 3.8) is 0 Å². The number of para-hydroxylation sites is 1. The Hall–Kier alpha value is -3.33. The van der Waals surface area contributed by atoms with E-state index in [0.29, 0.717) is 11.3 Å². The summed E-state index contributed by atoms with van der Waals surface area (Å²) in [7, 11) is -4.05. The lowest BCUT2D eigenvalue weighted by atomic mass is 10.1. The van der Waals surface area contributed by atoms with Gasteiger partial charge in [-0.1, -0.05) is 24.3 Å². The fourth-order valence-corrected chi connectivity index (χ4v) is 4.62. The minimum absolute atomic E-state index is 0.0895. The van der Waals surface area contributed by atoms with E-state index in [4.69, 9.17) is 0 Å². The molecule has 32 heavy (non-hydrogen) atoms. The second-order valence-electron chi connectivity index (χ2n) is 7.46. The summed E-state index contributed by atoms with van der Waals surface area (Å²) in [6, 6.07) is 13.7. The number of amides is 1. The van der Waals surface area contributed by atoms with Gasteiger partial charge in [0, 0.05) is 11.3 Å². The van der Waals surface area contributed by atoms with Crippen LogP contribution >= 0.6 is 0 Å². The van der Waals surface area contributed by atoms with Crippen molar-refractivity contribution in [3.05, 3.63) is 88.5 Å². The summed E-state index contributed by atoms with van der Waals surface area (Å²) >= 11 is 0. The Morgan fingerprint density at radius 2 is 1.50 bits per heavy atom. The molecule has 0 aliphatic rings. The highest BCUT2D eigenvalue weighted by molar-refractivity contribution is 7.92. The summed E-state index contributed by atoms with van der Waals surface area (Å²) in [6.45, 7) is 5.23. The van der Waals surface area contributed by atoms with Crippen molar-refractivity contribution in [1.29, 1.82) is 0 Å². The molecule has 9 heteroatoms. The van der Waals surface area contributed by atoms with E-state index in [2.05, 4.69) is 10.0 Å². The molecule has 0 aliphatic carbocycles. The van der Waals surface area contributed by atoms with Gasteiger partial charge in [0.1, 0.15) is 0 Å². The number of hydrogen-bond acceptors (Lipinski definition) is 3. The molecule has 0 radical (unpaired) electrons. The van der Waals surface area contributed by atoms with Crippen LogP contribution in [-0.4, -0.2) is 14.3 Å². The summed E-state index contributed by atoms with van der Waals surface area (Å²) in [5, 5.41) is 2.22. The van der Waals surface area contributed by atoms with Gasteiger partial charge in [-0.2, -0.15) is 13.2 Å². The summed E-state index contributed by atoms with van der Waals surface area (Å²) in [5.74, 6) is -0.857. The van der Waals surface area contributed by atoms with Crippen LogP contribution < -0.4 is 10.0 Å². The van der Waals surface area contributed by atoms with Gasteiger partial charge in [-0.05, 0) is 73.9 Å². The first-order chi connectivity index (χ1) is 14.9. The lowest BCUT2D eigenvalue weighted by molar-refractivity contribution is -0.136. The van der Waals surface area contributed by atoms with Crippen LogP contribution in [-0.2, 0) is 16.2 Å². The van der Waals surface area contributed by atoms with Gasteiger partial charge in [-0.15, -0.1) is 0 Å². The van der Waals surface area contributed by atoms with Crippen molar-refractivity contribution in [3.8, 4) is 0 Å². The number of anilines is 2. The molecule has 0 aromatic heterocycles. The van der Waals surface area contributed by atoms with Crippen molar-refractivity contribution in [2.75, 3.05) is 10.0 Å². The third kappa shape index (κ3) is 5.28. The zero-order valence-electron chi connectivity index (χ0n) is 17.5. The molecule has 0 saturated heterocycles. The van der Waals surface area contributed by atoms with Gasteiger partial charge in [0.2, 0.25) is 0 Å². The van der Waals surface area contributed by atoms with E-state index >= 15 is 0 Å². The highest BCUT2D eigenvalue weighted by atomic mass is 32.2. The summed E-state index contributed by atoms with van der Waals surface area (Å²) in [5.41, 5.74) is 0.998. The average Bonchev–Trinajstić information content (AvgIpc) is 2.66. The normalized spacial score (nSPS) is 11.8. The molecule has 0 saturated carbocycles. The molecule has 3 aromatic carbocycles. The van der Waals surface area contributed by atoms with Crippen molar-refractivity contribution < 1.29 is 26.4 Å². The van der Waals surface area contributed by atoms with Gasteiger partial charge in [0.25, 0.3) is 15.9 Å². The van der Waals surface area contributed by atoms with Gasteiger partial charge in [0.05, 0.1) is 16.1 Å². The number of hydrogen-bond donors (Lipinski definition) is 2. The Morgan fingerprint density at radius 3 is 2.12 bits per heavy atom. The summed E-state index contributed by atoms with van der Waals surface area (Å²) in [6.07, 6.45) is -4.65. The number of rotatable bonds is 5. The minimum atomic E-state index is -4.65. The van der Waals surface area contributed by atoms with Gasteiger partial charge < -0.3 is 5.32 Å². The predicted molar refractivity (Wildman–Crippen MR) is 117 cm³/mol. The third-order valence-electron chi connectivity index (χ3n) is 4.69. The van der Waals surface area contributed by atoms with E-state index in [0.717, 1.165) is 29.3 Å². The van der Waals surface area contributed by atoms with E-state index in [9.17, 15) is 26.4 Å². The standard InChI is InChI=1S/C23H21F3N2O3S/c1-14-10-15(2)12-18(11-14)28-32(30,31)21-13-17(9-8-16(21)3)22(29)27-20-7-5-4-6-19(20)23(24,25)26/h4-13,28H,1-3H3,(H,27,29). The highest BCUT2D eigenvalue weighted by Gasteiger charge is 2.33. The van der Waals surface area contributed by atoms with Gasteiger partial charge in [-0.3, -0.25) is 9.52 Å². The third-order valence-corrected chi connectivity index (χ3v) is 6.22. The molecule has 0 fully saturated rings. The quantitative estimate of drug-likeness (QED) is 0.512. The van der Waals surface area contributed by atoms with Crippen LogP contribution in [0.2, 0.25) is 0 Å². The van der Waals surface area contributed by atoms with Crippen LogP contribution in [0.1, 0.15) is 32.6 Å². The maximum absolute atomic E-state index is 13.2. The molecule has 0 unspecified atom stereocenters. The van der Waals surface area contributed by atoms with Crippen molar-refractivity contribution in [2.24, 2.45) is 0 Å². The number of alkyl halides is 3. The number of carbonyl (C=O) groups is 1. The molecule has 5 nitrogen and oxygen atoms in total. The van der Waals surface area contributed by atoms with Gasteiger partial charge >= 0.3 is 6.18 Å². The molecule has 0 heterocycles. The first-order valence-electron chi connectivity index (χ1n) is 9.56. The Bertz CT molecular complexity index is 1270. The van der Waals surface area contributed by atoms with Crippen LogP contribution in [0.15, 0.2) is 65.6 Å². The Morgan fingerprint density at radius 1 is 0.875 bits per heavy atom. The molecule has 0 spiro atoms. The zero-order valence-corrected chi connectivity index (χ0v) is 18.4. The van der Waals surface area contributed by atoms with Crippen molar-refractivity contribution >= 4 is 27.3 Å². The van der Waals surface area contributed by atoms with Crippen LogP contribution in [0.3, 0.4) is 0 Å². The number of aryl methyl sites for hydroxylation is 3. The first-order valence-corrected chi connectivity index (χ1v) is 11.0. The number of benzene rings is 3. The van der Waals surface area contributed by atoms with Gasteiger partial charge in [0.15, 0.2) is 0 Å². The lowest BCUT2D eigenvalue weighted by Crippen LogP contribution is -2.19.